The minimum absolute atomic E-state index is 0.0742. The zero-order valence-electron chi connectivity index (χ0n) is 18.0. The molecule has 0 saturated carbocycles. The van der Waals surface area contributed by atoms with E-state index in [-0.39, 0.29) is 28.7 Å². The van der Waals surface area contributed by atoms with Gasteiger partial charge in [0.15, 0.2) is 29.6 Å². The molecule has 0 saturated heterocycles. The summed E-state index contributed by atoms with van der Waals surface area (Å²) in [6.45, 7) is 0.749. The molecule has 3 aromatic rings. The van der Waals surface area contributed by atoms with Gasteiger partial charge < -0.3 is 24.5 Å². The van der Waals surface area contributed by atoms with Gasteiger partial charge in [0.25, 0.3) is 11.8 Å². The molecule has 34 heavy (non-hydrogen) atoms. The number of ketones is 1. The number of carbonyl (C=O) groups excluding carboxylic acids is 3. The van der Waals surface area contributed by atoms with Crippen molar-refractivity contribution in [2.45, 2.75) is 13.1 Å². The van der Waals surface area contributed by atoms with Crippen LogP contribution in [0.2, 0.25) is 0 Å². The van der Waals surface area contributed by atoms with E-state index in [1.54, 1.807) is 0 Å². The van der Waals surface area contributed by atoms with Gasteiger partial charge in [0.2, 0.25) is 0 Å². The first-order chi connectivity index (χ1) is 16.1. The zero-order chi connectivity index (χ0) is 24.9. The number of benzene rings is 2. The second kappa shape index (κ2) is 10.1. The Bertz CT molecular complexity index is 1210. The van der Waals surface area contributed by atoms with Crippen LogP contribution in [0.3, 0.4) is 0 Å². The Kier molecular flexibility index (Phi) is 7.24. The Morgan fingerprint density at radius 3 is 2.38 bits per heavy atom. The smallest absolute Gasteiger partial charge is 0.418 e. The zero-order valence-corrected chi connectivity index (χ0v) is 18.0. The SMILES string of the molecule is COc1cc(C(C)=O)ccc1OCC(=O)Nc1ccc(NC(=O)c2ccco2)cc1C(F)(F)F. The van der Waals surface area contributed by atoms with E-state index in [2.05, 4.69) is 10.6 Å². The van der Waals surface area contributed by atoms with Crippen molar-refractivity contribution in [3.63, 3.8) is 0 Å². The number of hydrogen-bond acceptors (Lipinski definition) is 6. The molecule has 0 bridgehead atoms. The Hall–Kier alpha value is -4.28. The van der Waals surface area contributed by atoms with Gasteiger partial charge in [-0.05, 0) is 55.5 Å². The molecule has 178 valence electrons. The molecule has 0 aliphatic rings. The highest BCUT2D eigenvalue weighted by Crippen LogP contribution is 2.37. The number of hydrogen-bond donors (Lipinski definition) is 2. The normalized spacial score (nSPS) is 11.0. The first-order valence-corrected chi connectivity index (χ1v) is 9.76. The van der Waals surface area contributed by atoms with E-state index < -0.39 is 35.8 Å². The first kappa shape index (κ1) is 24.4. The number of halogens is 3. The Morgan fingerprint density at radius 1 is 1.00 bits per heavy atom. The summed E-state index contributed by atoms with van der Waals surface area (Å²) in [5.74, 6) is -1.55. The van der Waals surface area contributed by atoms with Crippen molar-refractivity contribution < 1.29 is 41.4 Å². The van der Waals surface area contributed by atoms with Crippen LogP contribution in [-0.4, -0.2) is 31.3 Å². The van der Waals surface area contributed by atoms with Crippen molar-refractivity contribution in [3.05, 3.63) is 71.7 Å². The average Bonchev–Trinajstić information content (AvgIpc) is 3.33. The fourth-order valence-corrected chi connectivity index (χ4v) is 2.90. The molecular weight excluding hydrogens is 457 g/mol. The van der Waals surface area contributed by atoms with Crippen molar-refractivity contribution in [3.8, 4) is 11.5 Å². The van der Waals surface area contributed by atoms with Gasteiger partial charge in [0.05, 0.1) is 24.6 Å². The molecule has 3 rings (SSSR count). The lowest BCUT2D eigenvalue weighted by Crippen LogP contribution is -2.23. The third-order valence-electron chi connectivity index (χ3n) is 4.53. The number of carbonyl (C=O) groups is 3. The maximum Gasteiger partial charge on any atom is 0.418 e. The molecule has 2 amide bonds. The average molecular weight is 476 g/mol. The summed E-state index contributed by atoms with van der Waals surface area (Å²) in [6.07, 6.45) is -3.56. The number of rotatable bonds is 8. The van der Waals surface area contributed by atoms with Gasteiger partial charge in [-0.2, -0.15) is 13.2 Å². The van der Waals surface area contributed by atoms with Crippen LogP contribution >= 0.6 is 0 Å². The van der Waals surface area contributed by atoms with Crippen LogP contribution in [0.15, 0.2) is 59.2 Å². The van der Waals surface area contributed by atoms with E-state index in [0.29, 0.717) is 11.6 Å². The van der Waals surface area contributed by atoms with Crippen molar-refractivity contribution in [1.29, 1.82) is 0 Å². The first-order valence-electron chi connectivity index (χ1n) is 9.76. The van der Waals surface area contributed by atoms with E-state index in [1.165, 1.54) is 56.7 Å². The lowest BCUT2D eigenvalue weighted by Gasteiger charge is -2.16. The van der Waals surface area contributed by atoms with Crippen LogP contribution in [0, 0.1) is 0 Å². The van der Waals surface area contributed by atoms with E-state index in [0.717, 1.165) is 6.07 Å². The number of Topliss-reactive ketones (excluding diaryl/α,β-unsaturated/α-hetero) is 1. The summed E-state index contributed by atoms with van der Waals surface area (Å²) in [5, 5.41) is 4.45. The van der Waals surface area contributed by atoms with Crippen LogP contribution in [-0.2, 0) is 11.0 Å². The predicted octanol–water partition coefficient (Wildman–Crippen LogP) is 4.78. The third kappa shape index (κ3) is 5.94. The lowest BCUT2D eigenvalue weighted by atomic mass is 10.1. The van der Waals surface area contributed by atoms with Crippen LogP contribution in [0.1, 0.15) is 33.4 Å². The highest BCUT2D eigenvalue weighted by molar-refractivity contribution is 6.02. The highest BCUT2D eigenvalue weighted by Gasteiger charge is 2.34. The van der Waals surface area contributed by atoms with Gasteiger partial charge in [-0.3, -0.25) is 14.4 Å². The maximum atomic E-state index is 13.6. The molecule has 0 atom stereocenters. The summed E-state index contributed by atoms with van der Waals surface area (Å²) < 4.78 is 56.1. The minimum atomic E-state index is -4.82. The van der Waals surface area contributed by atoms with Gasteiger partial charge in [-0.15, -0.1) is 0 Å². The largest absolute Gasteiger partial charge is 0.493 e. The molecule has 1 heterocycles. The molecule has 0 aliphatic heterocycles. The lowest BCUT2D eigenvalue weighted by molar-refractivity contribution is -0.137. The van der Waals surface area contributed by atoms with Crippen molar-refractivity contribution >= 4 is 29.0 Å². The van der Waals surface area contributed by atoms with Crippen molar-refractivity contribution in [2.24, 2.45) is 0 Å². The fraction of sp³-hybridized carbons (Fsp3) is 0.174. The number of ether oxygens (including phenoxy) is 2. The van der Waals surface area contributed by atoms with E-state index in [9.17, 15) is 27.6 Å². The minimum Gasteiger partial charge on any atom is -0.493 e. The van der Waals surface area contributed by atoms with Crippen LogP contribution in [0.4, 0.5) is 24.5 Å². The molecule has 2 N–H and O–H groups in total. The number of anilines is 2. The number of nitrogens with one attached hydrogen (secondary N) is 2. The van der Waals surface area contributed by atoms with Crippen LogP contribution < -0.4 is 20.1 Å². The molecule has 0 radical (unpaired) electrons. The molecule has 1 aromatic heterocycles. The van der Waals surface area contributed by atoms with E-state index >= 15 is 0 Å². The van der Waals surface area contributed by atoms with Gasteiger partial charge in [0.1, 0.15) is 0 Å². The maximum absolute atomic E-state index is 13.6. The van der Waals surface area contributed by atoms with Gasteiger partial charge in [0, 0.05) is 11.3 Å². The van der Waals surface area contributed by atoms with Gasteiger partial charge in [-0.1, -0.05) is 0 Å². The molecule has 8 nitrogen and oxygen atoms in total. The number of methoxy groups -OCH3 is 1. The molecule has 0 fully saturated rings. The molecule has 11 heteroatoms. The topological polar surface area (TPSA) is 107 Å². The third-order valence-corrected chi connectivity index (χ3v) is 4.53. The van der Waals surface area contributed by atoms with Crippen molar-refractivity contribution in [2.75, 3.05) is 24.4 Å². The Labute approximate surface area is 191 Å². The quantitative estimate of drug-likeness (QED) is 0.453. The van der Waals surface area contributed by atoms with Gasteiger partial charge in [-0.25, -0.2) is 0 Å². The number of furan rings is 1. The number of alkyl halides is 3. The molecule has 0 spiro atoms. The molecule has 0 aliphatic carbocycles. The summed E-state index contributed by atoms with van der Waals surface area (Å²) in [7, 11) is 1.34. The fourth-order valence-electron chi connectivity index (χ4n) is 2.90. The summed E-state index contributed by atoms with van der Waals surface area (Å²) >= 11 is 0. The van der Waals surface area contributed by atoms with Crippen LogP contribution in [0.5, 0.6) is 11.5 Å². The summed E-state index contributed by atoms with van der Waals surface area (Å²) in [6, 6.07) is 10.0. The molecule has 0 unspecified atom stereocenters. The summed E-state index contributed by atoms with van der Waals surface area (Å²) in [4.78, 5) is 35.8. The Balaban J connectivity index is 1.72. The van der Waals surface area contributed by atoms with E-state index in [4.69, 9.17) is 13.9 Å². The molecule has 2 aromatic carbocycles. The predicted molar refractivity (Wildman–Crippen MR) is 115 cm³/mol. The monoisotopic (exact) mass is 476 g/mol. The summed E-state index contributed by atoms with van der Waals surface area (Å²) in [5.41, 5.74) is -1.46. The Morgan fingerprint density at radius 2 is 1.76 bits per heavy atom. The second-order valence-electron chi connectivity index (χ2n) is 6.95. The van der Waals surface area contributed by atoms with Crippen molar-refractivity contribution in [1.82, 2.24) is 0 Å². The van der Waals surface area contributed by atoms with E-state index in [1.807, 2.05) is 0 Å². The van der Waals surface area contributed by atoms with Crippen LogP contribution in [0.25, 0.3) is 0 Å². The highest BCUT2D eigenvalue weighted by atomic mass is 19.4. The van der Waals surface area contributed by atoms with Gasteiger partial charge >= 0.3 is 6.18 Å². The molecular formula is C23H19F3N2O6. The number of amides is 2. The second-order valence-corrected chi connectivity index (χ2v) is 6.95. The standard InChI is InChI=1S/C23H19F3N2O6/c1-13(29)14-5-8-18(20(10-14)32-2)34-12-21(30)28-17-7-6-15(11-16(17)23(24,25)26)27-22(31)19-4-3-9-33-19/h3-11H,12H2,1-2H3,(H,27,31)(H,28,30).